The van der Waals surface area contributed by atoms with Gasteiger partial charge in [0, 0.05) is 14.6 Å². The van der Waals surface area contributed by atoms with E-state index in [1.54, 1.807) is 19.1 Å². The Labute approximate surface area is 159 Å². The SMILES string of the molecule is CC(OC(=O)c1ccccc1I)C(=O)Nc1cccc2ccccc12. The van der Waals surface area contributed by atoms with Crippen LogP contribution in [0.3, 0.4) is 0 Å². The number of esters is 1. The molecule has 0 radical (unpaired) electrons. The molecule has 1 atom stereocenters. The first-order valence-electron chi connectivity index (χ1n) is 7.80. The Morgan fingerprint density at radius 1 is 0.960 bits per heavy atom. The zero-order valence-electron chi connectivity index (χ0n) is 13.5. The van der Waals surface area contributed by atoms with Crippen molar-refractivity contribution >= 4 is 50.9 Å². The van der Waals surface area contributed by atoms with E-state index in [4.69, 9.17) is 4.74 Å². The lowest BCUT2D eigenvalue weighted by Crippen LogP contribution is -2.30. The van der Waals surface area contributed by atoms with Crippen molar-refractivity contribution in [3.63, 3.8) is 0 Å². The molecule has 0 bridgehead atoms. The van der Waals surface area contributed by atoms with Crippen molar-refractivity contribution < 1.29 is 14.3 Å². The predicted octanol–water partition coefficient (Wildman–Crippen LogP) is 4.63. The topological polar surface area (TPSA) is 55.4 Å². The standard InChI is InChI=1S/C20H16INO3/c1-13(25-20(24)16-10-4-5-11-17(16)21)19(23)22-18-12-6-8-14-7-2-3-9-15(14)18/h2-13H,1H3,(H,22,23). The third-order valence-corrected chi connectivity index (χ3v) is 4.73. The maximum Gasteiger partial charge on any atom is 0.339 e. The average molecular weight is 445 g/mol. The van der Waals surface area contributed by atoms with Gasteiger partial charge in [-0.15, -0.1) is 0 Å². The van der Waals surface area contributed by atoms with E-state index in [-0.39, 0.29) is 5.91 Å². The van der Waals surface area contributed by atoms with Crippen LogP contribution in [-0.2, 0) is 9.53 Å². The zero-order chi connectivity index (χ0) is 17.8. The maximum atomic E-state index is 12.4. The number of ether oxygens (including phenoxy) is 1. The Hall–Kier alpha value is -2.41. The summed E-state index contributed by atoms with van der Waals surface area (Å²) in [4.78, 5) is 24.7. The number of carbonyl (C=O) groups is 2. The summed E-state index contributed by atoms with van der Waals surface area (Å²) in [6, 6.07) is 20.6. The lowest BCUT2D eigenvalue weighted by atomic mass is 10.1. The van der Waals surface area contributed by atoms with Crippen LogP contribution in [0.4, 0.5) is 5.69 Å². The minimum Gasteiger partial charge on any atom is -0.449 e. The van der Waals surface area contributed by atoms with Gasteiger partial charge in [0.2, 0.25) is 0 Å². The molecule has 25 heavy (non-hydrogen) atoms. The quantitative estimate of drug-likeness (QED) is 0.471. The molecule has 0 aliphatic carbocycles. The van der Waals surface area contributed by atoms with Gasteiger partial charge >= 0.3 is 5.97 Å². The first kappa shape index (κ1) is 17.4. The summed E-state index contributed by atoms with van der Waals surface area (Å²) in [5.41, 5.74) is 1.15. The fourth-order valence-electron chi connectivity index (χ4n) is 2.47. The number of rotatable bonds is 4. The van der Waals surface area contributed by atoms with Gasteiger partial charge < -0.3 is 10.1 Å². The zero-order valence-corrected chi connectivity index (χ0v) is 15.7. The molecule has 1 unspecified atom stereocenters. The maximum absolute atomic E-state index is 12.4. The van der Waals surface area contributed by atoms with Gasteiger partial charge in [-0.3, -0.25) is 4.79 Å². The lowest BCUT2D eigenvalue weighted by molar-refractivity contribution is -0.123. The van der Waals surface area contributed by atoms with E-state index >= 15 is 0 Å². The Morgan fingerprint density at radius 3 is 2.44 bits per heavy atom. The van der Waals surface area contributed by atoms with Crippen molar-refractivity contribution in [2.45, 2.75) is 13.0 Å². The second-order valence-electron chi connectivity index (χ2n) is 5.54. The molecule has 0 aliphatic heterocycles. The largest absolute Gasteiger partial charge is 0.449 e. The summed E-state index contributed by atoms with van der Waals surface area (Å²) in [5, 5.41) is 4.81. The highest BCUT2D eigenvalue weighted by Gasteiger charge is 2.20. The minimum atomic E-state index is -0.900. The van der Waals surface area contributed by atoms with Crippen molar-refractivity contribution in [2.24, 2.45) is 0 Å². The summed E-state index contributed by atoms with van der Waals surface area (Å²) in [6.45, 7) is 1.56. The van der Waals surface area contributed by atoms with E-state index in [2.05, 4.69) is 27.9 Å². The summed E-state index contributed by atoms with van der Waals surface area (Å²) in [6.07, 6.45) is -0.900. The Kier molecular flexibility index (Phi) is 5.33. The second-order valence-corrected chi connectivity index (χ2v) is 6.71. The summed E-state index contributed by atoms with van der Waals surface area (Å²) in [5.74, 6) is -0.874. The molecule has 0 saturated carbocycles. The highest BCUT2D eigenvalue weighted by molar-refractivity contribution is 14.1. The van der Waals surface area contributed by atoms with Crippen molar-refractivity contribution in [3.05, 3.63) is 75.9 Å². The van der Waals surface area contributed by atoms with Crippen molar-refractivity contribution in [1.29, 1.82) is 0 Å². The average Bonchev–Trinajstić information content (AvgIpc) is 2.62. The van der Waals surface area contributed by atoms with Crippen LogP contribution in [0.2, 0.25) is 0 Å². The first-order chi connectivity index (χ1) is 12.1. The monoisotopic (exact) mass is 445 g/mol. The van der Waals surface area contributed by atoms with Gasteiger partial charge in [0.05, 0.1) is 5.56 Å². The number of anilines is 1. The lowest BCUT2D eigenvalue weighted by Gasteiger charge is -2.15. The van der Waals surface area contributed by atoms with Gasteiger partial charge in [-0.1, -0.05) is 48.5 Å². The van der Waals surface area contributed by atoms with Crippen molar-refractivity contribution in [1.82, 2.24) is 0 Å². The fraction of sp³-hybridized carbons (Fsp3) is 0.100. The van der Waals surface area contributed by atoms with Crippen LogP contribution in [-0.4, -0.2) is 18.0 Å². The van der Waals surface area contributed by atoms with Gasteiger partial charge in [-0.05, 0) is 53.1 Å². The normalized spacial score (nSPS) is 11.8. The molecule has 0 aliphatic rings. The molecule has 1 amide bonds. The molecule has 1 N–H and O–H groups in total. The third-order valence-electron chi connectivity index (χ3n) is 3.79. The van der Waals surface area contributed by atoms with Gasteiger partial charge in [-0.2, -0.15) is 0 Å². The molecule has 0 fully saturated rings. The number of fused-ring (bicyclic) bond motifs is 1. The van der Waals surface area contributed by atoms with Gasteiger partial charge in [0.1, 0.15) is 0 Å². The molecule has 3 aromatic carbocycles. The molecule has 0 saturated heterocycles. The van der Waals surface area contributed by atoms with Gasteiger partial charge in [0.15, 0.2) is 6.10 Å². The number of hydrogen-bond donors (Lipinski definition) is 1. The Morgan fingerprint density at radius 2 is 1.64 bits per heavy atom. The smallest absolute Gasteiger partial charge is 0.339 e. The molecule has 126 valence electrons. The van der Waals surface area contributed by atoms with Gasteiger partial charge in [0.25, 0.3) is 5.91 Å². The van der Waals surface area contributed by atoms with Crippen LogP contribution in [0.5, 0.6) is 0 Å². The third kappa shape index (κ3) is 3.99. The van der Waals surface area contributed by atoms with Crippen LogP contribution in [0.15, 0.2) is 66.7 Å². The molecule has 0 aromatic heterocycles. The van der Waals surface area contributed by atoms with E-state index in [9.17, 15) is 9.59 Å². The van der Waals surface area contributed by atoms with Crippen molar-refractivity contribution in [2.75, 3.05) is 5.32 Å². The Balaban J connectivity index is 1.72. The summed E-state index contributed by atoms with van der Waals surface area (Å²) < 4.78 is 6.09. The van der Waals surface area contributed by atoms with Crippen LogP contribution >= 0.6 is 22.6 Å². The molecule has 0 spiro atoms. The second kappa shape index (κ2) is 7.65. The van der Waals surface area contributed by atoms with E-state index in [1.165, 1.54) is 0 Å². The van der Waals surface area contributed by atoms with E-state index in [0.29, 0.717) is 11.3 Å². The Bertz CT molecular complexity index is 934. The molecular formula is C20H16INO3. The molecule has 0 heterocycles. The molecule has 3 aromatic rings. The molecule has 3 rings (SSSR count). The van der Waals surface area contributed by atoms with Crippen LogP contribution in [0.25, 0.3) is 10.8 Å². The fourth-order valence-corrected chi connectivity index (χ4v) is 3.08. The highest BCUT2D eigenvalue weighted by atomic mass is 127. The number of amides is 1. The molecular weight excluding hydrogens is 429 g/mol. The number of carbonyl (C=O) groups excluding carboxylic acids is 2. The van der Waals surface area contributed by atoms with Gasteiger partial charge in [-0.25, -0.2) is 4.79 Å². The highest BCUT2D eigenvalue weighted by Crippen LogP contribution is 2.23. The summed E-state index contributed by atoms with van der Waals surface area (Å²) in [7, 11) is 0. The number of nitrogens with one attached hydrogen (secondary N) is 1. The minimum absolute atomic E-state index is 0.365. The van der Waals surface area contributed by atoms with Crippen LogP contribution < -0.4 is 5.32 Å². The predicted molar refractivity (Wildman–Crippen MR) is 107 cm³/mol. The van der Waals surface area contributed by atoms with E-state index < -0.39 is 12.1 Å². The van der Waals surface area contributed by atoms with Crippen molar-refractivity contribution in [3.8, 4) is 0 Å². The van der Waals surface area contributed by atoms with Crippen LogP contribution in [0.1, 0.15) is 17.3 Å². The molecule has 4 nitrogen and oxygen atoms in total. The number of hydrogen-bond acceptors (Lipinski definition) is 3. The number of halogens is 1. The van der Waals surface area contributed by atoms with E-state index in [1.807, 2.05) is 54.6 Å². The summed E-state index contributed by atoms with van der Waals surface area (Å²) >= 11 is 2.07. The molecule has 5 heteroatoms. The van der Waals surface area contributed by atoms with Crippen LogP contribution in [0, 0.1) is 3.57 Å². The number of benzene rings is 3. The van der Waals surface area contributed by atoms with E-state index in [0.717, 1.165) is 14.3 Å². The first-order valence-corrected chi connectivity index (χ1v) is 8.88.